The molecular formula is C19H38F6N2O9S3Si. The van der Waals surface area contributed by atoms with E-state index in [2.05, 4.69) is 21.0 Å². The van der Waals surface area contributed by atoms with E-state index in [-0.39, 0.29) is 5.97 Å². The number of hydrogen-bond donors (Lipinski definition) is 0. The van der Waals surface area contributed by atoms with Gasteiger partial charge in [-0.25, -0.2) is 16.8 Å². The summed E-state index contributed by atoms with van der Waals surface area (Å²) in [7, 11) is -6.64. The fourth-order valence-corrected chi connectivity index (χ4v) is 7.15. The second-order valence-corrected chi connectivity index (χ2v) is 16.4. The van der Waals surface area contributed by atoms with Crippen molar-refractivity contribution in [1.82, 2.24) is 0 Å². The van der Waals surface area contributed by atoms with Gasteiger partial charge in [-0.2, -0.15) is 38.1 Å². The smallest absolute Gasteiger partial charge is 0.460 e. The molecule has 0 amide bonds. The summed E-state index contributed by atoms with van der Waals surface area (Å²) in [6.07, 6.45) is 3.82. The summed E-state index contributed by atoms with van der Waals surface area (Å²) in [5, 5.41) is 0. The Hall–Kier alpha value is -0.683. The van der Waals surface area contributed by atoms with Crippen LogP contribution in [0.5, 0.6) is 0 Å². The number of alkyl halides is 6. The molecule has 0 spiro atoms. The first-order valence-electron chi connectivity index (χ1n) is 11.6. The molecule has 21 heteroatoms. The number of hydrogen-bond acceptors (Lipinski definition) is 10. The number of rotatable bonds is 18. The lowest BCUT2D eigenvalue weighted by molar-refractivity contribution is -0.890. The minimum atomic E-state index is -6.72. The first kappa shape index (κ1) is 41.5. The van der Waals surface area contributed by atoms with Crippen LogP contribution in [0.1, 0.15) is 32.6 Å². The Kier molecular flexibility index (Phi) is 18.7. The van der Waals surface area contributed by atoms with E-state index in [0.29, 0.717) is 13.0 Å². The Morgan fingerprint density at radius 2 is 1.32 bits per heavy atom. The van der Waals surface area contributed by atoms with Crippen molar-refractivity contribution in [3.8, 4) is 0 Å². The molecular weight excluding hydrogens is 638 g/mol. The van der Waals surface area contributed by atoms with Crippen molar-refractivity contribution in [2.45, 2.75) is 49.7 Å². The molecule has 0 aromatic heterocycles. The summed E-state index contributed by atoms with van der Waals surface area (Å²) in [4.78, 5) is 11.8. The summed E-state index contributed by atoms with van der Waals surface area (Å²) in [6, 6.07) is 0.790. The van der Waals surface area contributed by atoms with Crippen LogP contribution < -0.4 is 0 Å². The predicted octanol–water partition coefficient (Wildman–Crippen LogP) is 3.86. The maximum atomic E-state index is 11.8. The number of halogens is 6. The first-order chi connectivity index (χ1) is 18.1. The highest BCUT2D eigenvalue weighted by molar-refractivity contribution is 8.13. The number of quaternary nitrogens is 1. The number of thioether (sulfide) groups is 1. The molecule has 0 radical (unpaired) electrons. The summed E-state index contributed by atoms with van der Waals surface area (Å²) < 4.78 is 132. The van der Waals surface area contributed by atoms with Gasteiger partial charge >= 0.3 is 25.8 Å². The standard InChI is InChI=1S/C17H38NO5SSi.C2F6NO4S2/c1-7-8-11-18(2,3)12-13-23-17(19)10-15-24-14-9-16-25(20-4,21-5)22-6;3-1(4,5)14(10,11)9-15(12,13)2(6,7)8/h7-16H2,1-6H3;/q+1;-1. The van der Waals surface area contributed by atoms with Crippen LogP contribution >= 0.6 is 11.8 Å². The average Bonchev–Trinajstić information content (AvgIpc) is 2.81. The minimum absolute atomic E-state index is 0.0996. The van der Waals surface area contributed by atoms with Crippen LogP contribution in [-0.2, 0) is 42.9 Å². The third-order valence-electron chi connectivity index (χ3n) is 5.01. The molecule has 0 unspecified atom stereocenters. The van der Waals surface area contributed by atoms with Crippen molar-refractivity contribution in [3.63, 3.8) is 0 Å². The SMILES string of the molecule is CCCC[N+](C)(C)CCOC(=O)CCSCCC[Si](OC)(OC)OC.O=S(=O)([N-]S(=O)(=O)C(F)(F)F)C(F)(F)F. The Labute approximate surface area is 237 Å². The molecule has 0 bridgehead atoms. The van der Waals surface area contributed by atoms with Crippen molar-refractivity contribution < 1.29 is 70.5 Å². The van der Waals surface area contributed by atoms with Crippen molar-refractivity contribution in [2.24, 2.45) is 0 Å². The van der Waals surface area contributed by atoms with E-state index >= 15 is 0 Å². The number of likely N-dealkylation sites (N-methyl/N-ethyl adjacent to an activating group) is 1. The van der Waals surface area contributed by atoms with E-state index < -0.39 is 39.9 Å². The van der Waals surface area contributed by atoms with Crippen LogP contribution in [0.15, 0.2) is 0 Å². The molecule has 0 aromatic carbocycles. The van der Waals surface area contributed by atoms with Gasteiger partial charge in [0.25, 0.3) is 0 Å². The molecule has 40 heavy (non-hydrogen) atoms. The highest BCUT2D eigenvalue weighted by Crippen LogP contribution is 2.36. The van der Waals surface area contributed by atoms with E-state index in [1.165, 1.54) is 12.8 Å². The molecule has 0 rings (SSSR count). The average molecular weight is 677 g/mol. The fourth-order valence-electron chi connectivity index (χ4n) is 2.59. The highest BCUT2D eigenvalue weighted by Gasteiger charge is 2.47. The van der Waals surface area contributed by atoms with Crippen LogP contribution in [0, 0.1) is 0 Å². The molecule has 0 aliphatic carbocycles. The molecule has 0 heterocycles. The monoisotopic (exact) mass is 676 g/mol. The second-order valence-electron chi connectivity index (χ2n) is 8.63. The summed E-state index contributed by atoms with van der Waals surface area (Å²) in [5.74, 6) is 1.64. The summed E-state index contributed by atoms with van der Waals surface area (Å²) in [5.41, 5.74) is -12.4. The molecule has 0 saturated carbocycles. The second kappa shape index (κ2) is 18.1. The maximum absolute atomic E-state index is 11.8. The molecule has 0 aliphatic rings. The van der Waals surface area contributed by atoms with Crippen molar-refractivity contribution in [1.29, 1.82) is 0 Å². The molecule has 0 fully saturated rings. The van der Waals surface area contributed by atoms with E-state index in [0.717, 1.165) is 45.7 Å². The topological polar surface area (TPSA) is 136 Å². The van der Waals surface area contributed by atoms with Crippen LogP contribution in [0.4, 0.5) is 26.3 Å². The zero-order valence-corrected chi connectivity index (χ0v) is 26.6. The van der Waals surface area contributed by atoms with Gasteiger partial charge in [0.2, 0.25) is 0 Å². The zero-order chi connectivity index (χ0) is 31.9. The molecule has 0 saturated heterocycles. The largest absolute Gasteiger partial charge is 0.500 e. The van der Waals surface area contributed by atoms with E-state index in [1.807, 2.05) is 0 Å². The Balaban J connectivity index is 0. The normalized spacial score (nSPS) is 13.5. The Morgan fingerprint density at radius 1 is 0.850 bits per heavy atom. The lowest BCUT2D eigenvalue weighted by Gasteiger charge is -2.29. The molecule has 242 valence electrons. The van der Waals surface area contributed by atoms with E-state index in [4.69, 9.17) is 18.0 Å². The summed E-state index contributed by atoms with van der Waals surface area (Å²) >= 11 is 1.75. The Morgan fingerprint density at radius 3 is 1.73 bits per heavy atom. The molecule has 0 atom stereocenters. The predicted molar refractivity (Wildman–Crippen MR) is 139 cm³/mol. The quantitative estimate of drug-likeness (QED) is 0.0692. The number of nitrogens with zero attached hydrogens (tertiary/aromatic N) is 2. The van der Waals surface area contributed by atoms with Gasteiger partial charge in [0.05, 0.1) is 27.1 Å². The third kappa shape index (κ3) is 16.7. The fraction of sp³-hybridized carbons (Fsp3) is 0.947. The van der Waals surface area contributed by atoms with Gasteiger partial charge < -0.3 is 26.6 Å². The van der Waals surface area contributed by atoms with E-state index in [1.54, 1.807) is 33.1 Å². The van der Waals surface area contributed by atoms with Gasteiger partial charge in [0.1, 0.15) is 13.2 Å². The Bertz CT molecular complexity index is 896. The van der Waals surface area contributed by atoms with Gasteiger partial charge in [-0.1, -0.05) is 13.3 Å². The van der Waals surface area contributed by atoms with Gasteiger partial charge in [0, 0.05) is 33.1 Å². The number of carbonyl (C=O) groups excluding carboxylic acids is 1. The zero-order valence-electron chi connectivity index (χ0n) is 23.1. The number of ether oxygens (including phenoxy) is 1. The van der Waals surface area contributed by atoms with Gasteiger partial charge in [-0.3, -0.25) is 4.79 Å². The van der Waals surface area contributed by atoms with Crippen molar-refractivity contribution in [2.75, 3.05) is 66.6 Å². The number of carbonyl (C=O) groups is 1. The molecule has 11 nitrogen and oxygen atoms in total. The lowest BCUT2D eigenvalue weighted by Crippen LogP contribution is -2.43. The number of sulfonamides is 2. The number of esters is 1. The first-order valence-corrected chi connectivity index (χ1v) is 17.6. The van der Waals surface area contributed by atoms with Crippen molar-refractivity contribution in [3.05, 3.63) is 4.13 Å². The third-order valence-corrected chi connectivity index (χ3v) is 11.7. The highest BCUT2D eigenvalue weighted by atomic mass is 32.3. The van der Waals surface area contributed by atoms with Crippen LogP contribution in [-0.4, -0.2) is 114 Å². The van der Waals surface area contributed by atoms with Gasteiger partial charge in [-0.05, 0) is 18.6 Å². The van der Waals surface area contributed by atoms with Gasteiger partial charge in [-0.15, -0.1) is 0 Å². The molecule has 0 N–H and O–H groups in total. The van der Waals surface area contributed by atoms with E-state index in [9.17, 15) is 48.0 Å². The summed E-state index contributed by atoms with van der Waals surface area (Å²) in [6.45, 7) is 4.69. The lowest BCUT2D eigenvalue weighted by atomic mass is 10.3. The van der Waals surface area contributed by atoms with Crippen LogP contribution in [0.25, 0.3) is 4.13 Å². The number of unbranched alkanes of at least 4 members (excludes halogenated alkanes) is 1. The van der Waals surface area contributed by atoms with Gasteiger partial charge in [0.15, 0.2) is 20.0 Å². The minimum Gasteiger partial charge on any atom is -0.460 e. The molecule has 0 aromatic rings. The van der Waals surface area contributed by atoms with Crippen molar-refractivity contribution >= 4 is 46.6 Å². The molecule has 0 aliphatic heterocycles. The maximum Gasteiger partial charge on any atom is 0.500 e. The van der Waals surface area contributed by atoms with Crippen LogP contribution in [0.2, 0.25) is 6.04 Å². The van der Waals surface area contributed by atoms with Crippen LogP contribution in [0.3, 0.4) is 0 Å².